The van der Waals surface area contributed by atoms with Gasteiger partial charge in [-0.1, -0.05) is 18.2 Å². The number of hydrogen-bond acceptors (Lipinski definition) is 2. The Morgan fingerprint density at radius 1 is 1.52 bits per heavy atom. The van der Waals surface area contributed by atoms with E-state index in [0.29, 0.717) is 24.7 Å². The van der Waals surface area contributed by atoms with Gasteiger partial charge in [0.1, 0.15) is 5.82 Å². The molecule has 110 valence electrons. The number of benzene rings is 1. The molecule has 3 N–H and O–H groups in total. The molecule has 0 aliphatic rings. The Labute approximate surface area is 123 Å². The molecule has 1 aromatic carbocycles. The molecule has 2 aromatic rings. The summed E-state index contributed by atoms with van der Waals surface area (Å²) in [5, 5.41) is 2.92. The fraction of sp³-hybridized carbons (Fsp3) is 0.200. The van der Waals surface area contributed by atoms with Crippen LogP contribution in [0, 0.1) is 5.82 Å². The molecule has 0 atom stereocenters. The molecule has 0 aliphatic heterocycles. The van der Waals surface area contributed by atoms with Crippen molar-refractivity contribution in [1.82, 2.24) is 14.9 Å². The normalized spacial score (nSPS) is 11.4. The summed E-state index contributed by atoms with van der Waals surface area (Å²) in [6, 6.07) is 4.96. The van der Waals surface area contributed by atoms with E-state index in [-0.39, 0.29) is 5.82 Å². The second kappa shape index (κ2) is 6.69. The maximum Gasteiger partial charge on any atom is 0.189 e. The first-order valence-electron chi connectivity index (χ1n) is 6.51. The number of nitrogens with one attached hydrogen (secondary N) is 1. The van der Waals surface area contributed by atoms with E-state index in [0.717, 1.165) is 11.1 Å². The highest BCUT2D eigenvalue weighted by Crippen LogP contribution is 2.15. The zero-order chi connectivity index (χ0) is 15.2. The third kappa shape index (κ3) is 4.17. The summed E-state index contributed by atoms with van der Waals surface area (Å²) < 4.78 is 15.7. The predicted octanol–water partition coefficient (Wildman–Crippen LogP) is 1.99. The number of halogens is 1. The van der Waals surface area contributed by atoms with Crippen LogP contribution in [0.5, 0.6) is 0 Å². The van der Waals surface area contributed by atoms with E-state index in [9.17, 15) is 4.39 Å². The molecule has 0 saturated carbocycles. The summed E-state index contributed by atoms with van der Waals surface area (Å²) >= 11 is 0. The van der Waals surface area contributed by atoms with Crippen molar-refractivity contribution in [2.75, 3.05) is 6.54 Å². The van der Waals surface area contributed by atoms with Crippen molar-refractivity contribution in [3.05, 3.63) is 60.5 Å². The quantitative estimate of drug-likeness (QED) is 0.502. The average Bonchev–Trinajstić information content (AvgIpc) is 2.97. The lowest BCUT2D eigenvalue weighted by molar-refractivity contribution is 0.615. The van der Waals surface area contributed by atoms with Crippen molar-refractivity contribution in [1.29, 1.82) is 0 Å². The van der Waals surface area contributed by atoms with Crippen LogP contribution >= 0.6 is 0 Å². The van der Waals surface area contributed by atoms with Gasteiger partial charge in [0.25, 0.3) is 0 Å². The fourth-order valence-corrected chi connectivity index (χ4v) is 1.73. The zero-order valence-electron chi connectivity index (χ0n) is 11.9. The summed E-state index contributed by atoms with van der Waals surface area (Å²) in [7, 11) is 0. The van der Waals surface area contributed by atoms with Crippen LogP contribution in [0.15, 0.2) is 54.1 Å². The van der Waals surface area contributed by atoms with Gasteiger partial charge < -0.3 is 15.6 Å². The number of imidazole rings is 1. The number of nitrogens with two attached hydrogens (primary N) is 1. The Morgan fingerprint density at radius 2 is 2.33 bits per heavy atom. The minimum atomic E-state index is -0.325. The molecule has 0 spiro atoms. The maximum atomic E-state index is 14.0. The van der Waals surface area contributed by atoms with Gasteiger partial charge in [-0.3, -0.25) is 0 Å². The minimum absolute atomic E-state index is 0.316. The van der Waals surface area contributed by atoms with E-state index >= 15 is 0 Å². The van der Waals surface area contributed by atoms with E-state index in [2.05, 4.69) is 21.9 Å². The highest BCUT2D eigenvalue weighted by molar-refractivity contribution is 5.78. The van der Waals surface area contributed by atoms with Crippen LogP contribution in [0.25, 0.3) is 5.69 Å². The van der Waals surface area contributed by atoms with Crippen LogP contribution in [-0.2, 0) is 6.54 Å². The number of aromatic nitrogens is 2. The predicted molar refractivity (Wildman–Crippen MR) is 81.7 cm³/mol. The van der Waals surface area contributed by atoms with E-state index in [1.807, 2.05) is 13.0 Å². The second-order valence-electron chi connectivity index (χ2n) is 4.77. The number of rotatable bonds is 5. The molecule has 0 aliphatic carbocycles. The minimum Gasteiger partial charge on any atom is -0.370 e. The van der Waals surface area contributed by atoms with E-state index in [1.165, 1.54) is 6.07 Å². The summed E-state index contributed by atoms with van der Waals surface area (Å²) in [5.74, 6) is -0.00809. The molecule has 21 heavy (non-hydrogen) atoms. The molecule has 1 heterocycles. The van der Waals surface area contributed by atoms with Crippen LogP contribution in [0.3, 0.4) is 0 Å². The molecular formula is C15H18FN5. The van der Waals surface area contributed by atoms with E-state index in [1.54, 1.807) is 29.4 Å². The molecule has 0 amide bonds. The standard InChI is InChI=1S/C15H18FN5/c1-11(2)8-19-15(17)20-9-12-3-4-14(13(16)7-12)21-6-5-18-10-21/h3-7,10H,1,8-9H2,2H3,(H3,17,19,20). The third-order valence-electron chi connectivity index (χ3n) is 2.80. The van der Waals surface area contributed by atoms with Gasteiger partial charge in [-0.05, 0) is 24.6 Å². The van der Waals surface area contributed by atoms with Crippen LogP contribution in [0.1, 0.15) is 12.5 Å². The Kier molecular flexibility index (Phi) is 4.71. The fourth-order valence-electron chi connectivity index (χ4n) is 1.73. The first-order chi connectivity index (χ1) is 10.1. The molecular weight excluding hydrogens is 269 g/mol. The summed E-state index contributed by atoms with van der Waals surface area (Å²) in [6.07, 6.45) is 4.84. The van der Waals surface area contributed by atoms with Crippen molar-refractivity contribution in [3.8, 4) is 5.69 Å². The lowest BCUT2D eigenvalue weighted by atomic mass is 10.2. The van der Waals surface area contributed by atoms with Crippen molar-refractivity contribution in [2.45, 2.75) is 13.5 Å². The summed E-state index contributed by atoms with van der Waals surface area (Å²) in [4.78, 5) is 8.06. The van der Waals surface area contributed by atoms with Crippen molar-refractivity contribution in [3.63, 3.8) is 0 Å². The molecule has 0 unspecified atom stereocenters. The third-order valence-corrected chi connectivity index (χ3v) is 2.80. The first-order valence-corrected chi connectivity index (χ1v) is 6.51. The van der Waals surface area contributed by atoms with E-state index in [4.69, 9.17) is 5.73 Å². The Morgan fingerprint density at radius 3 is 2.95 bits per heavy atom. The van der Waals surface area contributed by atoms with Crippen LogP contribution in [0.4, 0.5) is 4.39 Å². The largest absolute Gasteiger partial charge is 0.370 e. The Balaban J connectivity index is 2.04. The van der Waals surface area contributed by atoms with Crippen LogP contribution in [0.2, 0.25) is 0 Å². The van der Waals surface area contributed by atoms with Gasteiger partial charge in [-0.15, -0.1) is 0 Å². The molecule has 0 fully saturated rings. The molecule has 2 rings (SSSR count). The molecule has 6 heteroatoms. The van der Waals surface area contributed by atoms with Gasteiger partial charge in [0, 0.05) is 18.9 Å². The van der Waals surface area contributed by atoms with Gasteiger partial charge in [-0.25, -0.2) is 14.4 Å². The van der Waals surface area contributed by atoms with Crippen molar-refractivity contribution >= 4 is 5.96 Å². The van der Waals surface area contributed by atoms with Gasteiger partial charge in [0.2, 0.25) is 0 Å². The smallest absolute Gasteiger partial charge is 0.189 e. The molecule has 5 nitrogen and oxygen atoms in total. The highest BCUT2D eigenvalue weighted by Gasteiger charge is 2.05. The SMILES string of the molecule is C=C(C)CNC(N)=NCc1ccc(-n2ccnc2)c(F)c1. The number of nitrogens with zero attached hydrogens (tertiary/aromatic N) is 3. The summed E-state index contributed by atoms with van der Waals surface area (Å²) in [5.41, 5.74) is 7.87. The monoisotopic (exact) mass is 287 g/mol. The van der Waals surface area contributed by atoms with E-state index < -0.39 is 0 Å². The molecule has 0 bridgehead atoms. The molecule has 0 radical (unpaired) electrons. The molecule has 1 aromatic heterocycles. The highest BCUT2D eigenvalue weighted by atomic mass is 19.1. The second-order valence-corrected chi connectivity index (χ2v) is 4.77. The zero-order valence-corrected chi connectivity index (χ0v) is 11.9. The van der Waals surface area contributed by atoms with Crippen molar-refractivity contribution in [2.24, 2.45) is 10.7 Å². The lowest BCUT2D eigenvalue weighted by Crippen LogP contribution is -2.32. The maximum absolute atomic E-state index is 14.0. The first kappa shape index (κ1) is 14.8. The van der Waals surface area contributed by atoms with Gasteiger partial charge in [-0.2, -0.15) is 0 Å². The lowest BCUT2D eigenvalue weighted by Gasteiger charge is -2.07. The number of guanidine groups is 1. The van der Waals surface area contributed by atoms with Gasteiger partial charge >= 0.3 is 0 Å². The molecule has 0 saturated heterocycles. The number of hydrogen-bond donors (Lipinski definition) is 2. The van der Waals surface area contributed by atoms with Gasteiger partial charge in [0.15, 0.2) is 5.96 Å². The van der Waals surface area contributed by atoms with Crippen LogP contribution in [-0.4, -0.2) is 22.1 Å². The topological polar surface area (TPSA) is 68.2 Å². The Hall–Kier alpha value is -2.63. The number of aliphatic imine (C=N–C) groups is 1. The van der Waals surface area contributed by atoms with Crippen LogP contribution < -0.4 is 11.1 Å². The average molecular weight is 287 g/mol. The summed E-state index contributed by atoms with van der Waals surface area (Å²) in [6.45, 7) is 6.54. The van der Waals surface area contributed by atoms with Gasteiger partial charge in [0.05, 0.1) is 18.6 Å². The Bertz CT molecular complexity index is 646. The van der Waals surface area contributed by atoms with Crippen molar-refractivity contribution < 1.29 is 4.39 Å².